The highest BCUT2D eigenvalue weighted by Crippen LogP contribution is 2.31. The minimum absolute atomic E-state index is 0.266. The zero-order chi connectivity index (χ0) is 15.4. The molecular weight excluding hydrogens is 272 g/mol. The van der Waals surface area contributed by atoms with E-state index in [1.807, 2.05) is 6.92 Å². The minimum Gasteiger partial charge on any atom is -0.497 e. The van der Waals surface area contributed by atoms with Gasteiger partial charge in [0, 0.05) is 6.07 Å². The lowest BCUT2D eigenvalue weighted by atomic mass is 10.1. The molecule has 6 nitrogen and oxygen atoms in total. The SMILES string of the molecule is COc1cc(OC)c(N)c(C(=O)NC(C)c2ccco2)c1. The Morgan fingerprint density at radius 1 is 1.33 bits per heavy atom. The van der Waals surface area contributed by atoms with E-state index in [2.05, 4.69) is 5.32 Å². The predicted octanol–water partition coefficient (Wildman–Crippen LogP) is 2.37. The first kappa shape index (κ1) is 14.8. The van der Waals surface area contributed by atoms with E-state index < -0.39 is 0 Å². The number of furan rings is 1. The second kappa shape index (κ2) is 6.21. The van der Waals surface area contributed by atoms with Crippen LogP contribution >= 0.6 is 0 Å². The number of benzene rings is 1. The maximum absolute atomic E-state index is 12.4. The Labute approximate surface area is 122 Å². The highest BCUT2D eigenvalue weighted by atomic mass is 16.5. The van der Waals surface area contributed by atoms with Crippen LogP contribution in [0.3, 0.4) is 0 Å². The molecule has 0 fully saturated rings. The molecule has 1 atom stereocenters. The number of carbonyl (C=O) groups excluding carboxylic acids is 1. The van der Waals surface area contributed by atoms with Crippen molar-refractivity contribution in [3.8, 4) is 11.5 Å². The summed E-state index contributed by atoms with van der Waals surface area (Å²) in [6.45, 7) is 1.82. The van der Waals surface area contributed by atoms with Crippen LogP contribution in [-0.2, 0) is 0 Å². The number of rotatable bonds is 5. The van der Waals surface area contributed by atoms with Crippen LogP contribution in [0.4, 0.5) is 5.69 Å². The van der Waals surface area contributed by atoms with Crippen LogP contribution in [-0.4, -0.2) is 20.1 Å². The van der Waals surface area contributed by atoms with Gasteiger partial charge in [-0.25, -0.2) is 0 Å². The van der Waals surface area contributed by atoms with E-state index in [1.54, 1.807) is 30.5 Å². The van der Waals surface area contributed by atoms with Crippen molar-refractivity contribution in [3.05, 3.63) is 41.9 Å². The van der Waals surface area contributed by atoms with Crippen molar-refractivity contribution in [1.29, 1.82) is 0 Å². The average Bonchev–Trinajstić information content (AvgIpc) is 3.01. The van der Waals surface area contributed by atoms with E-state index in [0.717, 1.165) is 0 Å². The van der Waals surface area contributed by atoms with Gasteiger partial charge in [0.15, 0.2) is 0 Å². The normalized spacial score (nSPS) is 11.8. The molecule has 0 bridgehead atoms. The number of ether oxygens (including phenoxy) is 2. The van der Waals surface area contributed by atoms with E-state index in [9.17, 15) is 4.79 Å². The summed E-state index contributed by atoms with van der Waals surface area (Å²) < 4.78 is 15.6. The first-order chi connectivity index (χ1) is 10.1. The number of anilines is 1. The first-order valence-corrected chi connectivity index (χ1v) is 6.42. The number of carbonyl (C=O) groups is 1. The van der Waals surface area contributed by atoms with Crippen molar-refractivity contribution in [3.63, 3.8) is 0 Å². The second-order valence-electron chi connectivity index (χ2n) is 4.50. The monoisotopic (exact) mass is 290 g/mol. The molecule has 1 aromatic heterocycles. The summed E-state index contributed by atoms with van der Waals surface area (Å²) in [5.41, 5.74) is 6.51. The van der Waals surface area contributed by atoms with E-state index in [0.29, 0.717) is 22.8 Å². The Bertz CT molecular complexity index is 623. The summed E-state index contributed by atoms with van der Waals surface area (Å²) in [6.07, 6.45) is 1.56. The maximum atomic E-state index is 12.4. The highest BCUT2D eigenvalue weighted by molar-refractivity contribution is 6.01. The quantitative estimate of drug-likeness (QED) is 0.825. The van der Waals surface area contributed by atoms with Gasteiger partial charge in [-0.2, -0.15) is 0 Å². The van der Waals surface area contributed by atoms with Gasteiger partial charge < -0.3 is 24.9 Å². The summed E-state index contributed by atoms with van der Waals surface area (Å²) in [7, 11) is 3.00. The number of hydrogen-bond acceptors (Lipinski definition) is 5. The molecule has 0 saturated heterocycles. The Balaban J connectivity index is 2.26. The standard InChI is InChI=1S/C15H18N2O4/c1-9(12-5-4-6-21-12)17-15(18)11-7-10(19-2)8-13(20-3)14(11)16/h4-9H,16H2,1-3H3,(H,17,18). The number of nitrogens with two attached hydrogens (primary N) is 1. The Morgan fingerprint density at radius 2 is 2.10 bits per heavy atom. The van der Waals surface area contributed by atoms with Crippen LogP contribution in [0.25, 0.3) is 0 Å². The Morgan fingerprint density at radius 3 is 2.67 bits per heavy atom. The number of hydrogen-bond donors (Lipinski definition) is 2. The zero-order valence-electron chi connectivity index (χ0n) is 12.2. The van der Waals surface area contributed by atoms with Crippen molar-refractivity contribution >= 4 is 11.6 Å². The van der Waals surface area contributed by atoms with Crippen LogP contribution in [0.1, 0.15) is 29.1 Å². The summed E-state index contributed by atoms with van der Waals surface area (Å²) in [6, 6.07) is 6.48. The van der Waals surface area contributed by atoms with Gasteiger partial charge >= 0.3 is 0 Å². The number of nitrogens with one attached hydrogen (secondary N) is 1. The summed E-state index contributed by atoms with van der Waals surface area (Å²) in [4.78, 5) is 12.4. The molecule has 2 aromatic rings. The molecule has 0 aliphatic heterocycles. The van der Waals surface area contributed by atoms with Crippen LogP contribution in [0.15, 0.2) is 34.9 Å². The van der Waals surface area contributed by atoms with Crippen molar-refractivity contribution in [1.82, 2.24) is 5.32 Å². The molecule has 112 valence electrons. The number of methoxy groups -OCH3 is 2. The first-order valence-electron chi connectivity index (χ1n) is 6.42. The number of amides is 1. The fraction of sp³-hybridized carbons (Fsp3) is 0.267. The molecule has 0 spiro atoms. The molecule has 1 heterocycles. The summed E-state index contributed by atoms with van der Waals surface area (Å²) in [5.74, 6) is 1.23. The average molecular weight is 290 g/mol. The van der Waals surface area contributed by atoms with Gasteiger partial charge in [0.25, 0.3) is 5.91 Å². The molecular formula is C15H18N2O4. The molecule has 0 radical (unpaired) electrons. The van der Waals surface area contributed by atoms with Crippen molar-refractivity contribution < 1.29 is 18.7 Å². The van der Waals surface area contributed by atoms with E-state index in [4.69, 9.17) is 19.6 Å². The van der Waals surface area contributed by atoms with E-state index >= 15 is 0 Å². The Hall–Kier alpha value is -2.63. The van der Waals surface area contributed by atoms with Crippen LogP contribution in [0.5, 0.6) is 11.5 Å². The van der Waals surface area contributed by atoms with E-state index in [1.165, 1.54) is 14.2 Å². The lowest BCUT2D eigenvalue weighted by Gasteiger charge is -2.15. The van der Waals surface area contributed by atoms with Crippen LogP contribution in [0, 0.1) is 0 Å². The zero-order valence-corrected chi connectivity index (χ0v) is 12.2. The van der Waals surface area contributed by atoms with Crippen molar-refractivity contribution in [2.75, 3.05) is 20.0 Å². The molecule has 21 heavy (non-hydrogen) atoms. The van der Waals surface area contributed by atoms with Gasteiger partial charge in [0.05, 0.1) is 37.8 Å². The topological polar surface area (TPSA) is 86.7 Å². The van der Waals surface area contributed by atoms with Gasteiger partial charge in [-0.15, -0.1) is 0 Å². The molecule has 0 aliphatic rings. The van der Waals surface area contributed by atoms with Crippen molar-refractivity contribution in [2.45, 2.75) is 13.0 Å². The molecule has 0 aliphatic carbocycles. The largest absolute Gasteiger partial charge is 0.497 e. The third-order valence-electron chi connectivity index (χ3n) is 3.13. The van der Waals surface area contributed by atoms with Crippen LogP contribution < -0.4 is 20.5 Å². The number of nitrogen functional groups attached to an aromatic ring is 1. The second-order valence-corrected chi connectivity index (χ2v) is 4.50. The third kappa shape index (κ3) is 3.10. The lowest BCUT2D eigenvalue weighted by Crippen LogP contribution is -2.27. The fourth-order valence-corrected chi connectivity index (χ4v) is 1.96. The highest BCUT2D eigenvalue weighted by Gasteiger charge is 2.19. The molecule has 0 saturated carbocycles. The maximum Gasteiger partial charge on any atom is 0.254 e. The van der Waals surface area contributed by atoms with Crippen LogP contribution in [0.2, 0.25) is 0 Å². The molecule has 1 aromatic carbocycles. The molecule has 2 rings (SSSR count). The Kier molecular flexibility index (Phi) is 4.37. The van der Waals surface area contributed by atoms with Gasteiger partial charge in [0.1, 0.15) is 17.3 Å². The smallest absolute Gasteiger partial charge is 0.254 e. The fourth-order valence-electron chi connectivity index (χ4n) is 1.96. The van der Waals surface area contributed by atoms with Gasteiger partial charge in [-0.3, -0.25) is 4.79 Å². The lowest BCUT2D eigenvalue weighted by molar-refractivity contribution is 0.0935. The predicted molar refractivity (Wildman–Crippen MR) is 78.5 cm³/mol. The molecule has 6 heteroatoms. The third-order valence-corrected chi connectivity index (χ3v) is 3.13. The molecule has 3 N–H and O–H groups in total. The van der Waals surface area contributed by atoms with E-state index in [-0.39, 0.29) is 17.6 Å². The van der Waals surface area contributed by atoms with Crippen molar-refractivity contribution in [2.24, 2.45) is 0 Å². The summed E-state index contributed by atoms with van der Waals surface area (Å²) >= 11 is 0. The van der Waals surface area contributed by atoms with Gasteiger partial charge in [-0.05, 0) is 25.1 Å². The van der Waals surface area contributed by atoms with Gasteiger partial charge in [-0.1, -0.05) is 0 Å². The minimum atomic E-state index is -0.325. The summed E-state index contributed by atoms with van der Waals surface area (Å²) in [5, 5.41) is 2.82. The molecule has 1 amide bonds. The van der Waals surface area contributed by atoms with Gasteiger partial charge in [0.2, 0.25) is 0 Å². The molecule has 1 unspecified atom stereocenters.